The van der Waals surface area contributed by atoms with Crippen LogP contribution in [0, 0.1) is 0 Å². The summed E-state index contributed by atoms with van der Waals surface area (Å²) in [5.74, 6) is 0. The zero-order valence-electron chi connectivity index (χ0n) is 7.03. The van der Waals surface area contributed by atoms with Crippen LogP contribution in [-0.2, 0) is 11.2 Å². The van der Waals surface area contributed by atoms with E-state index in [9.17, 15) is 4.55 Å². The van der Waals surface area contributed by atoms with Gasteiger partial charge >= 0.3 is 4.34 Å². The second-order valence-electron chi connectivity index (χ2n) is 2.25. The van der Waals surface area contributed by atoms with Gasteiger partial charge in [0.1, 0.15) is 6.26 Å². The van der Waals surface area contributed by atoms with Gasteiger partial charge in [0.05, 0.1) is 0 Å². The molecule has 68 valence electrons. The fourth-order valence-electron chi connectivity index (χ4n) is 0.629. The van der Waals surface area contributed by atoms with E-state index in [0.29, 0.717) is 4.34 Å². The Morgan fingerprint density at radius 1 is 1.58 bits per heavy atom. The van der Waals surface area contributed by atoms with Gasteiger partial charge in [-0.15, -0.1) is 5.10 Å². The predicted molar refractivity (Wildman–Crippen MR) is 51.0 cm³/mol. The first-order valence-corrected chi connectivity index (χ1v) is 6.02. The summed E-state index contributed by atoms with van der Waals surface area (Å²) < 4.78 is 11.5. The van der Waals surface area contributed by atoms with Crippen LogP contribution in [-0.4, -0.2) is 27.6 Å². The molecule has 1 rings (SSSR count). The maximum atomic E-state index is 10.9. The molecule has 0 spiro atoms. The molecule has 1 unspecified atom stereocenters. The number of anilines is 1. The molecular weight excluding hydrogens is 194 g/mol. The van der Waals surface area contributed by atoms with Crippen molar-refractivity contribution in [1.82, 2.24) is 10.2 Å². The first-order valence-electron chi connectivity index (χ1n) is 3.65. The molecule has 1 N–H and O–H groups in total. The molecule has 0 saturated carbocycles. The van der Waals surface area contributed by atoms with Crippen LogP contribution < -0.4 is 5.32 Å². The zero-order chi connectivity index (χ0) is 8.97. The average Bonchev–Trinajstić information content (AvgIpc) is 2.48. The number of hydrogen-bond acceptors (Lipinski definition) is 5. The molecule has 0 aliphatic carbocycles. The van der Waals surface area contributed by atoms with E-state index in [1.165, 1.54) is 11.3 Å². The summed E-state index contributed by atoms with van der Waals surface area (Å²) in [4.78, 5) is 0. The van der Waals surface area contributed by atoms with Crippen molar-refractivity contribution >= 4 is 27.6 Å². The molecule has 0 aliphatic heterocycles. The van der Waals surface area contributed by atoms with E-state index in [1.54, 1.807) is 6.26 Å². The third-order valence-electron chi connectivity index (χ3n) is 1.18. The molecule has 4 nitrogen and oxygen atoms in total. The zero-order valence-corrected chi connectivity index (χ0v) is 8.67. The molecule has 0 radical (unpaired) electrons. The summed E-state index contributed by atoms with van der Waals surface area (Å²) >= 11 is 0.339. The van der Waals surface area contributed by atoms with Crippen molar-refractivity contribution in [2.24, 2.45) is 0 Å². The van der Waals surface area contributed by atoms with Gasteiger partial charge < -0.3 is 9.87 Å². The normalized spacial score (nSPS) is 12.9. The Labute approximate surface area is 78.6 Å². The van der Waals surface area contributed by atoms with Crippen molar-refractivity contribution < 1.29 is 4.55 Å². The predicted octanol–water partition coefficient (Wildman–Crippen LogP) is 1.10. The maximum Gasteiger partial charge on any atom is 0.323 e. The number of nitrogens with zero attached hydrogens (tertiary/aromatic N) is 2. The van der Waals surface area contributed by atoms with Crippen molar-refractivity contribution in [3.8, 4) is 0 Å². The largest absolute Gasteiger partial charge is 0.610 e. The van der Waals surface area contributed by atoms with Gasteiger partial charge in [-0.1, -0.05) is 12.0 Å². The Hall–Kier alpha value is -0.330. The lowest BCUT2D eigenvalue weighted by atomic mass is 10.5. The van der Waals surface area contributed by atoms with Gasteiger partial charge in [0.15, 0.2) is 0 Å². The number of aromatic nitrogens is 2. The third kappa shape index (κ3) is 2.62. The van der Waals surface area contributed by atoms with Gasteiger partial charge in [0.2, 0.25) is 5.13 Å². The molecule has 0 aromatic carbocycles. The van der Waals surface area contributed by atoms with E-state index in [2.05, 4.69) is 22.4 Å². The molecule has 1 atom stereocenters. The Bertz CT molecular complexity index is 238. The topological polar surface area (TPSA) is 60.9 Å². The van der Waals surface area contributed by atoms with Crippen molar-refractivity contribution in [2.75, 3.05) is 18.1 Å². The van der Waals surface area contributed by atoms with E-state index in [1.807, 2.05) is 0 Å². The fourth-order valence-corrected chi connectivity index (χ4v) is 1.99. The lowest BCUT2D eigenvalue weighted by molar-refractivity contribution is 0.599. The third-order valence-corrected chi connectivity index (χ3v) is 3.38. The maximum absolute atomic E-state index is 10.9. The van der Waals surface area contributed by atoms with Crippen molar-refractivity contribution in [3.05, 3.63) is 0 Å². The minimum absolute atomic E-state index is 0.577. The van der Waals surface area contributed by atoms with Gasteiger partial charge in [0.25, 0.3) is 0 Å². The van der Waals surface area contributed by atoms with Crippen LogP contribution in [0.1, 0.15) is 13.3 Å². The summed E-state index contributed by atoms with van der Waals surface area (Å²) in [6.07, 6.45) is 2.65. The Balaban J connectivity index is 2.52. The number of hydrogen-bond donors (Lipinski definition) is 1. The van der Waals surface area contributed by atoms with Crippen molar-refractivity contribution in [2.45, 2.75) is 17.7 Å². The highest BCUT2D eigenvalue weighted by atomic mass is 32.2. The molecule has 1 heterocycles. The van der Waals surface area contributed by atoms with Crippen molar-refractivity contribution in [1.29, 1.82) is 0 Å². The average molecular weight is 205 g/mol. The van der Waals surface area contributed by atoms with Gasteiger partial charge in [-0.2, -0.15) is 0 Å². The van der Waals surface area contributed by atoms with Crippen LogP contribution in [0.5, 0.6) is 0 Å². The quantitative estimate of drug-likeness (QED) is 0.748. The highest BCUT2D eigenvalue weighted by Crippen LogP contribution is 2.19. The summed E-state index contributed by atoms with van der Waals surface area (Å²) in [6.45, 7) is 2.96. The number of nitrogens with one attached hydrogen (secondary N) is 1. The first-order chi connectivity index (χ1) is 5.74. The summed E-state index contributed by atoms with van der Waals surface area (Å²) in [7, 11) is 0. The highest BCUT2D eigenvalue weighted by molar-refractivity contribution is 7.92. The monoisotopic (exact) mass is 205 g/mol. The standard InChI is InChI=1S/C6H11N3OS2/c1-3-4-7-5-8-9-6(11-5)12(2)10/h3-4H2,1-2H3,(H,7,8). The van der Waals surface area contributed by atoms with E-state index < -0.39 is 11.2 Å². The highest BCUT2D eigenvalue weighted by Gasteiger charge is 2.11. The van der Waals surface area contributed by atoms with Gasteiger partial charge in [-0.3, -0.25) is 0 Å². The molecule has 1 aromatic rings. The van der Waals surface area contributed by atoms with Gasteiger partial charge in [-0.25, -0.2) is 0 Å². The SMILES string of the molecule is CCCNc1nnc([S+](C)[O-])s1. The lowest BCUT2D eigenvalue weighted by Gasteiger charge is -1.96. The lowest BCUT2D eigenvalue weighted by Crippen LogP contribution is -1.98. The Morgan fingerprint density at radius 3 is 2.83 bits per heavy atom. The van der Waals surface area contributed by atoms with Crippen LogP contribution in [0.15, 0.2) is 4.34 Å². The first kappa shape index (κ1) is 9.76. The minimum atomic E-state index is -1.01. The van der Waals surface area contributed by atoms with Gasteiger partial charge in [-0.05, 0) is 17.8 Å². The fraction of sp³-hybridized carbons (Fsp3) is 0.667. The Morgan fingerprint density at radius 2 is 2.33 bits per heavy atom. The molecular formula is C6H11N3OS2. The molecule has 6 heteroatoms. The van der Waals surface area contributed by atoms with Crippen LogP contribution in [0.2, 0.25) is 0 Å². The molecule has 0 aliphatic rings. The second kappa shape index (κ2) is 4.64. The Kier molecular flexibility index (Phi) is 3.77. The summed E-state index contributed by atoms with van der Waals surface area (Å²) in [5.41, 5.74) is 0. The van der Waals surface area contributed by atoms with E-state index in [4.69, 9.17) is 0 Å². The molecule has 0 fully saturated rings. The van der Waals surface area contributed by atoms with Crippen LogP contribution in [0.3, 0.4) is 0 Å². The van der Waals surface area contributed by atoms with Crippen LogP contribution >= 0.6 is 11.3 Å². The van der Waals surface area contributed by atoms with Gasteiger partial charge in [0, 0.05) is 17.7 Å². The molecule has 0 saturated heterocycles. The smallest absolute Gasteiger partial charge is 0.323 e. The molecule has 12 heavy (non-hydrogen) atoms. The van der Waals surface area contributed by atoms with Crippen LogP contribution in [0.4, 0.5) is 5.13 Å². The van der Waals surface area contributed by atoms with E-state index >= 15 is 0 Å². The minimum Gasteiger partial charge on any atom is -0.610 e. The van der Waals surface area contributed by atoms with E-state index in [-0.39, 0.29) is 0 Å². The molecule has 0 amide bonds. The molecule has 1 aromatic heterocycles. The summed E-state index contributed by atoms with van der Waals surface area (Å²) in [5, 5.41) is 11.4. The summed E-state index contributed by atoms with van der Waals surface area (Å²) in [6, 6.07) is 0. The second-order valence-corrected chi connectivity index (χ2v) is 4.78. The van der Waals surface area contributed by atoms with Crippen LogP contribution in [0.25, 0.3) is 0 Å². The van der Waals surface area contributed by atoms with Crippen molar-refractivity contribution in [3.63, 3.8) is 0 Å². The van der Waals surface area contributed by atoms with E-state index in [0.717, 1.165) is 18.1 Å². The number of rotatable bonds is 4. The molecule has 0 bridgehead atoms.